The fraction of sp³-hybridized carbons (Fsp3) is 0.600. The summed E-state index contributed by atoms with van der Waals surface area (Å²) in [5.41, 5.74) is -0.585. The first-order valence-corrected chi connectivity index (χ1v) is 5.25. The molecule has 6 heteroatoms. The third-order valence-corrected chi connectivity index (χ3v) is 2.86. The summed E-state index contributed by atoms with van der Waals surface area (Å²) in [6.45, 7) is 0.900. The lowest BCUT2D eigenvalue weighted by atomic mass is 9.80. The molecule has 1 aliphatic carbocycles. The van der Waals surface area contributed by atoms with Crippen LogP contribution in [0.4, 0.5) is 5.88 Å². The van der Waals surface area contributed by atoms with Crippen molar-refractivity contribution < 1.29 is 14.4 Å². The summed E-state index contributed by atoms with van der Waals surface area (Å²) < 4.78 is 4.97. The third kappa shape index (κ3) is 2.40. The zero-order valence-electron chi connectivity index (χ0n) is 8.81. The molecule has 0 bridgehead atoms. The van der Waals surface area contributed by atoms with Gasteiger partial charge in [-0.25, -0.2) is 0 Å². The van der Waals surface area contributed by atoms with Crippen LogP contribution >= 0.6 is 0 Å². The Labute approximate surface area is 92.4 Å². The Morgan fingerprint density at radius 3 is 2.81 bits per heavy atom. The zero-order valence-corrected chi connectivity index (χ0v) is 8.81. The van der Waals surface area contributed by atoms with Crippen LogP contribution in [0, 0.1) is 10.1 Å². The molecular weight excluding hydrogens is 212 g/mol. The number of hydrogen-bond donors (Lipinski definition) is 2. The van der Waals surface area contributed by atoms with Gasteiger partial charge in [-0.3, -0.25) is 10.1 Å². The molecule has 1 heterocycles. The van der Waals surface area contributed by atoms with Crippen molar-refractivity contribution in [2.24, 2.45) is 0 Å². The van der Waals surface area contributed by atoms with Crippen LogP contribution in [-0.2, 0) is 6.54 Å². The van der Waals surface area contributed by atoms with E-state index >= 15 is 0 Å². The Bertz CT molecular complexity index is 384. The lowest BCUT2D eigenvalue weighted by Crippen LogP contribution is -2.45. The van der Waals surface area contributed by atoms with Crippen LogP contribution < -0.4 is 5.32 Å². The van der Waals surface area contributed by atoms with Crippen LogP contribution in [0.25, 0.3) is 0 Å². The van der Waals surface area contributed by atoms with Gasteiger partial charge in [-0.1, -0.05) is 0 Å². The van der Waals surface area contributed by atoms with Crippen LogP contribution in [0.1, 0.15) is 25.0 Å². The van der Waals surface area contributed by atoms with E-state index in [1.54, 1.807) is 6.07 Å². The van der Waals surface area contributed by atoms with E-state index < -0.39 is 10.5 Å². The van der Waals surface area contributed by atoms with Crippen molar-refractivity contribution in [3.8, 4) is 0 Å². The van der Waals surface area contributed by atoms with Gasteiger partial charge in [-0.05, 0) is 25.3 Å². The number of hydrogen-bond acceptors (Lipinski definition) is 5. The van der Waals surface area contributed by atoms with E-state index in [-0.39, 0.29) is 5.88 Å². The number of aliphatic hydroxyl groups is 1. The molecule has 1 aromatic rings. The van der Waals surface area contributed by atoms with Crippen LogP contribution in [0.3, 0.4) is 0 Å². The Kier molecular flexibility index (Phi) is 2.93. The molecule has 2 N–H and O–H groups in total. The maximum Gasteiger partial charge on any atom is 0.433 e. The molecular formula is C10H14N2O4. The lowest BCUT2D eigenvalue weighted by molar-refractivity contribution is -0.402. The molecule has 1 fully saturated rings. The monoisotopic (exact) mass is 226 g/mol. The highest BCUT2D eigenvalue weighted by molar-refractivity contribution is 5.17. The van der Waals surface area contributed by atoms with Gasteiger partial charge < -0.3 is 14.8 Å². The van der Waals surface area contributed by atoms with Gasteiger partial charge in [0.15, 0.2) is 0 Å². The van der Waals surface area contributed by atoms with Crippen LogP contribution in [-0.4, -0.2) is 22.2 Å². The van der Waals surface area contributed by atoms with Gasteiger partial charge in [0.2, 0.25) is 0 Å². The summed E-state index contributed by atoms with van der Waals surface area (Å²) in [6.07, 6.45) is 2.70. The predicted octanol–water partition coefficient (Wildman–Crippen LogP) is 1.19. The lowest BCUT2D eigenvalue weighted by Gasteiger charge is -2.36. The van der Waals surface area contributed by atoms with Crippen LogP contribution in [0.5, 0.6) is 0 Å². The first-order chi connectivity index (χ1) is 7.59. The second-order valence-corrected chi connectivity index (χ2v) is 4.18. The Morgan fingerprint density at radius 1 is 1.56 bits per heavy atom. The molecule has 6 nitrogen and oxygen atoms in total. The molecule has 0 aromatic carbocycles. The molecule has 16 heavy (non-hydrogen) atoms. The minimum atomic E-state index is -0.585. The Morgan fingerprint density at radius 2 is 2.31 bits per heavy atom. The Balaban J connectivity index is 1.78. The minimum absolute atomic E-state index is 0.251. The molecule has 0 amide bonds. The minimum Gasteiger partial charge on any atom is -0.404 e. The summed E-state index contributed by atoms with van der Waals surface area (Å²) in [5.74, 6) is 0.258. The maximum absolute atomic E-state index is 10.4. The average Bonchev–Trinajstić information content (AvgIpc) is 2.64. The molecule has 0 radical (unpaired) electrons. The molecule has 88 valence electrons. The van der Waals surface area contributed by atoms with Crippen molar-refractivity contribution in [3.63, 3.8) is 0 Å². The molecule has 0 unspecified atom stereocenters. The number of rotatable bonds is 5. The third-order valence-electron chi connectivity index (χ3n) is 2.86. The van der Waals surface area contributed by atoms with Gasteiger partial charge >= 0.3 is 5.88 Å². The standard InChI is InChI=1S/C10H14N2O4/c13-10(4-1-5-10)7-11-6-8-2-3-9(16-8)12(14)15/h2-3,11,13H,1,4-7H2. The number of nitro groups is 1. The first-order valence-electron chi connectivity index (χ1n) is 5.25. The smallest absolute Gasteiger partial charge is 0.404 e. The molecule has 0 saturated heterocycles. The molecule has 0 atom stereocenters. The van der Waals surface area contributed by atoms with Crippen molar-refractivity contribution >= 4 is 5.88 Å². The summed E-state index contributed by atoms with van der Waals surface area (Å²) in [6, 6.07) is 2.89. The van der Waals surface area contributed by atoms with Crippen molar-refractivity contribution in [3.05, 3.63) is 28.0 Å². The molecule has 2 rings (SSSR count). The van der Waals surface area contributed by atoms with E-state index in [1.807, 2.05) is 0 Å². The summed E-state index contributed by atoms with van der Waals surface area (Å²) in [4.78, 5) is 9.79. The zero-order chi connectivity index (χ0) is 11.6. The van der Waals surface area contributed by atoms with Crippen molar-refractivity contribution in [2.75, 3.05) is 6.54 Å². The van der Waals surface area contributed by atoms with Crippen molar-refractivity contribution in [1.29, 1.82) is 0 Å². The highest BCUT2D eigenvalue weighted by Crippen LogP contribution is 2.30. The molecule has 0 spiro atoms. The van der Waals surface area contributed by atoms with Crippen molar-refractivity contribution in [1.82, 2.24) is 5.32 Å². The van der Waals surface area contributed by atoms with Crippen LogP contribution in [0.15, 0.2) is 16.5 Å². The fourth-order valence-electron chi connectivity index (χ4n) is 1.74. The maximum atomic E-state index is 10.4. The topological polar surface area (TPSA) is 88.5 Å². The second-order valence-electron chi connectivity index (χ2n) is 4.18. The quantitative estimate of drug-likeness (QED) is 0.581. The molecule has 1 aliphatic rings. The van der Waals surface area contributed by atoms with E-state index in [1.165, 1.54) is 6.07 Å². The molecule has 1 saturated carbocycles. The normalized spacial score (nSPS) is 18.1. The van der Waals surface area contributed by atoms with Crippen LogP contribution in [0.2, 0.25) is 0 Å². The number of nitrogens with one attached hydrogen (secondary N) is 1. The SMILES string of the molecule is O=[N+]([O-])c1ccc(CNCC2(O)CCC2)o1. The van der Waals surface area contributed by atoms with E-state index in [0.717, 1.165) is 19.3 Å². The van der Waals surface area contributed by atoms with Gasteiger partial charge in [0, 0.05) is 6.54 Å². The van der Waals surface area contributed by atoms with Gasteiger partial charge in [0.05, 0.1) is 18.2 Å². The number of furan rings is 1. The fourth-order valence-corrected chi connectivity index (χ4v) is 1.74. The number of nitrogens with zero attached hydrogens (tertiary/aromatic N) is 1. The summed E-state index contributed by atoms with van der Waals surface area (Å²) in [7, 11) is 0. The summed E-state index contributed by atoms with van der Waals surface area (Å²) in [5, 5.41) is 23.2. The van der Waals surface area contributed by atoms with Gasteiger partial charge in [-0.15, -0.1) is 0 Å². The van der Waals surface area contributed by atoms with E-state index in [9.17, 15) is 15.2 Å². The van der Waals surface area contributed by atoms with Gasteiger partial charge in [0.1, 0.15) is 10.7 Å². The van der Waals surface area contributed by atoms with E-state index in [0.29, 0.717) is 18.8 Å². The summed E-state index contributed by atoms with van der Waals surface area (Å²) >= 11 is 0. The second kappa shape index (κ2) is 4.23. The Hall–Kier alpha value is -1.40. The predicted molar refractivity (Wildman–Crippen MR) is 55.9 cm³/mol. The average molecular weight is 226 g/mol. The van der Waals surface area contributed by atoms with Gasteiger partial charge in [-0.2, -0.15) is 0 Å². The first kappa shape index (κ1) is 11.1. The van der Waals surface area contributed by atoms with E-state index in [4.69, 9.17) is 4.42 Å². The largest absolute Gasteiger partial charge is 0.433 e. The van der Waals surface area contributed by atoms with Crippen molar-refractivity contribution in [2.45, 2.75) is 31.4 Å². The molecule has 1 aromatic heterocycles. The van der Waals surface area contributed by atoms with Gasteiger partial charge in [0.25, 0.3) is 0 Å². The highest BCUT2D eigenvalue weighted by Gasteiger charge is 2.33. The van der Waals surface area contributed by atoms with E-state index in [2.05, 4.69) is 5.32 Å². The highest BCUT2D eigenvalue weighted by atomic mass is 16.6. The molecule has 0 aliphatic heterocycles.